The molecule has 0 N–H and O–H groups in total. The number of aromatic nitrogens is 5. The van der Waals surface area contributed by atoms with E-state index in [1.807, 2.05) is 60.5 Å². The highest BCUT2D eigenvalue weighted by Crippen LogP contribution is 2.33. The van der Waals surface area contributed by atoms with Crippen LogP contribution in [0.3, 0.4) is 0 Å². The second-order valence-corrected chi connectivity index (χ2v) is 6.45. The quantitative estimate of drug-likeness (QED) is 0.724. The Kier molecular flexibility index (Phi) is 4.43. The lowest BCUT2D eigenvalue weighted by Gasteiger charge is -2.27. The highest BCUT2D eigenvalue weighted by atomic mass is 16.2. The fraction of sp³-hybridized carbons (Fsp3) is 0.316. The topological polar surface area (TPSA) is 76.8 Å². The Labute approximate surface area is 151 Å². The third-order valence-corrected chi connectivity index (χ3v) is 4.77. The van der Waals surface area contributed by atoms with Crippen LogP contribution in [0.15, 0.2) is 54.9 Å². The number of nitrogens with zero attached hydrogens (tertiary/aromatic N) is 6. The van der Waals surface area contributed by atoms with Gasteiger partial charge in [-0.2, -0.15) is 4.80 Å². The van der Waals surface area contributed by atoms with Crippen LogP contribution in [0.2, 0.25) is 0 Å². The molecule has 3 heterocycles. The summed E-state index contributed by atoms with van der Waals surface area (Å²) in [5, 5.41) is 12.6. The van der Waals surface area contributed by atoms with Crippen molar-refractivity contribution in [1.82, 2.24) is 30.1 Å². The molecule has 1 aliphatic heterocycles. The Bertz CT molecular complexity index is 879. The van der Waals surface area contributed by atoms with Gasteiger partial charge in [0.2, 0.25) is 11.7 Å². The molecule has 0 spiro atoms. The van der Waals surface area contributed by atoms with Crippen molar-refractivity contribution >= 4 is 5.91 Å². The molecule has 1 aliphatic rings. The monoisotopic (exact) mass is 348 g/mol. The summed E-state index contributed by atoms with van der Waals surface area (Å²) >= 11 is 0. The van der Waals surface area contributed by atoms with Crippen molar-refractivity contribution in [3.05, 3.63) is 60.4 Å². The Morgan fingerprint density at radius 3 is 2.81 bits per heavy atom. The first-order valence-corrected chi connectivity index (χ1v) is 8.79. The first-order valence-electron chi connectivity index (χ1n) is 8.79. The number of likely N-dealkylation sites (tertiary alicyclic amines) is 1. The van der Waals surface area contributed by atoms with Crippen molar-refractivity contribution in [3.63, 3.8) is 0 Å². The number of carbonyl (C=O) groups excluding carboxylic acids is 1. The molecular weight excluding hydrogens is 328 g/mol. The number of rotatable bonds is 4. The molecule has 0 aliphatic carbocycles. The van der Waals surface area contributed by atoms with E-state index in [1.165, 1.54) is 4.80 Å². The molecule has 7 heteroatoms. The first-order chi connectivity index (χ1) is 12.7. The van der Waals surface area contributed by atoms with Gasteiger partial charge in [-0.3, -0.25) is 9.78 Å². The van der Waals surface area contributed by atoms with Gasteiger partial charge in [-0.1, -0.05) is 36.4 Å². The van der Waals surface area contributed by atoms with Gasteiger partial charge in [0.25, 0.3) is 0 Å². The van der Waals surface area contributed by atoms with Crippen LogP contribution >= 0.6 is 0 Å². The summed E-state index contributed by atoms with van der Waals surface area (Å²) in [4.78, 5) is 20.6. The molecule has 26 heavy (non-hydrogen) atoms. The van der Waals surface area contributed by atoms with Crippen molar-refractivity contribution in [1.29, 1.82) is 0 Å². The Morgan fingerprint density at radius 2 is 2.04 bits per heavy atom. The van der Waals surface area contributed by atoms with Crippen LogP contribution in [0.5, 0.6) is 0 Å². The average molecular weight is 348 g/mol. The van der Waals surface area contributed by atoms with Crippen LogP contribution in [-0.2, 0) is 4.79 Å². The second-order valence-electron chi connectivity index (χ2n) is 6.45. The van der Waals surface area contributed by atoms with E-state index in [4.69, 9.17) is 0 Å². The lowest BCUT2D eigenvalue weighted by molar-refractivity contribution is -0.135. The van der Waals surface area contributed by atoms with Gasteiger partial charge in [0, 0.05) is 24.5 Å². The lowest BCUT2D eigenvalue weighted by atomic mass is 10.1. The number of benzene rings is 1. The molecule has 7 nitrogen and oxygen atoms in total. The van der Waals surface area contributed by atoms with Crippen LogP contribution in [0.25, 0.3) is 11.4 Å². The molecule has 2 atom stereocenters. The van der Waals surface area contributed by atoms with Gasteiger partial charge >= 0.3 is 0 Å². The molecule has 1 aromatic carbocycles. The fourth-order valence-corrected chi connectivity index (χ4v) is 3.38. The molecule has 4 rings (SSSR count). The minimum Gasteiger partial charge on any atom is -0.334 e. The zero-order valence-electron chi connectivity index (χ0n) is 14.6. The van der Waals surface area contributed by atoms with E-state index in [0.717, 1.165) is 30.5 Å². The van der Waals surface area contributed by atoms with E-state index in [9.17, 15) is 4.79 Å². The lowest BCUT2D eigenvalue weighted by Crippen LogP contribution is -2.36. The predicted octanol–water partition coefficient (Wildman–Crippen LogP) is 2.66. The maximum absolute atomic E-state index is 13.1. The Balaban J connectivity index is 1.54. The maximum atomic E-state index is 13.1. The largest absolute Gasteiger partial charge is 0.334 e. The molecule has 0 saturated carbocycles. The standard InChI is InChI=1S/C19H20N6O/c1-14(25-22-18(21-23-25)15-7-3-2-4-8-15)19(26)24-12-6-10-17(24)16-9-5-11-20-13-16/h2-5,7-9,11,13-14,17H,6,10,12H2,1H3/t14-,17+/m0/s1. The molecule has 0 radical (unpaired) electrons. The Hall–Kier alpha value is -3.09. The number of pyridine rings is 1. The van der Waals surface area contributed by atoms with E-state index in [1.54, 1.807) is 6.20 Å². The molecular formula is C19H20N6O. The average Bonchev–Trinajstić information content (AvgIpc) is 3.38. The highest BCUT2D eigenvalue weighted by molar-refractivity contribution is 5.80. The molecule has 1 fully saturated rings. The normalized spacial score (nSPS) is 18.0. The molecule has 132 valence electrons. The summed E-state index contributed by atoms with van der Waals surface area (Å²) in [5.74, 6) is 0.531. The molecule has 1 amide bonds. The Morgan fingerprint density at radius 1 is 1.19 bits per heavy atom. The predicted molar refractivity (Wildman–Crippen MR) is 95.9 cm³/mol. The van der Waals surface area contributed by atoms with Crippen molar-refractivity contribution in [2.45, 2.75) is 31.8 Å². The second kappa shape index (κ2) is 7.03. The SMILES string of the molecule is C[C@@H](C(=O)N1CCC[C@@H]1c1cccnc1)n1nnc(-c2ccccc2)n1. The van der Waals surface area contributed by atoms with E-state index in [2.05, 4.69) is 20.4 Å². The van der Waals surface area contributed by atoms with Crippen molar-refractivity contribution in [2.24, 2.45) is 0 Å². The van der Waals surface area contributed by atoms with Gasteiger partial charge in [-0.15, -0.1) is 10.2 Å². The summed E-state index contributed by atoms with van der Waals surface area (Å²) in [6.07, 6.45) is 5.52. The van der Waals surface area contributed by atoms with Gasteiger partial charge in [-0.25, -0.2) is 0 Å². The highest BCUT2D eigenvalue weighted by Gasteiger charge is 2.34. The number of tetrazole rings is 1. The molecule has 3 aromatic rings. The van der Waals surface area contributed by atoms with Gasteiger partial charge in [-0.05, 0) is 36.6 Å². The maximum Gasteiger partial charge on any atom is 0.249 e. The summed E-state index contributed by atoms with van der Waals surface area (Å²) in [7, 11) is 0. The van der Waals surface area contributed by atoms with E-state index in [0.29, 0.717) is 5.82 Å². The molecule has 0 bridgehead atoms. The zero-order chi connectivity index (χ0) is 17.9. The van der Waals surface area contributed by atoms with E-state index < -0.39 is 6.04 Å². The van der Waals surface area contributed by atoms with E-state index in [-0.39, 0.29) is 11.9 Å². The number of hydrogen-bond donors (Lipinski definition) is 0. The third kappa shape index (κ3) is 3.08. The summed E-state index contributed by atoms with van der Waals surface area (Å²) in [6, 6.07) is 13.1. The van der Waals surface area contributed by atoms with Crippen LogP contribution < -0.4 is 0 Å². The molecule has 0 unspecified atom stereocenters. The minimum absolute atomic E-state index is 0.00775. The van der Waals surface area contributed by atoms with Gasteiger partial charge in [0.15, 0.2) is 0 Å². The van der Waals surface area contributed by atoms with Crippen molar-refractivity contribution in [2.75, 3.05) is 6.54 Å². The van der Waals surface area contributed by atoms with Crippen LogP contribution in [-0.4, -0.2) is 42.5 Å². The van der Waals surface area contributed by atoms with Gasteiger partial charge < -0.3 is 4.90 Å². The van der Waals surface area contributed by atoms with Crippen LogP contribution in [0.4, 0.5) is 0 Å². The van der Waals surface area contributed by atoms with Crippen LogP contribution in [0, 0.1) is 0 Å². The number of amides is 1. The fourth-order valence-electron chi connectivity index (χ4n) is 3.38. The third-order valence-electron chi connectivity index (χ3n) is 4.77. The van der Waals surface area contributed by atoms with E-state index >= 15 is 0 Å². The molecule has 1 saturated heterocycles. The van der Waals surface area contributed by atoms with Gasteiger partial charge in [0.05, 0.1) is 6.04 Å². The summed E-state index contributed by atoms with van der Waals surface area (Å²) in [5.41, 5.74) is 1.95. The van der Waals surface area contributed by atoms with Crippen molar-refractivity contribution < 1.29 is 4.79 Å². The smallest absolute Gasteiger partial charge is 0.249 e. The van der Waals surface area contributed by atoms with Crippen LogP contribution in [0.1, 0.15) is 37.4 Å². The minimum atomic E-state index is -0.503. The number of hydrogen-bond acceptors (Lipinski definition) is 5. The first kappa shape index (κ1) is 16.4. The van der Waals surface area contributed by atoms with Gasteiger partial charge in [0.1, 0.15) is 6.04 Å². The summed E-state index contributed by atoms with van der Waals surface area (Å²) < 4.78 is 0. The van der Waals surface area contributed by atoms with Crippen molar-refractivity contribution in [3.8, 4) is 11.4 Å². The number of carbonyl (C=O) groups is 1. The molecule has 2 aromatic heterocycles. The summed E-state index contributed by atoms with van der Waals surface area (Å²) in [6.45, 7) is 2.56. The zero-order valence-corrected chi connectivity index (χ0v) is 14.6.